The van der Waals surface area contributed by atoms with E-state index in [-0.39, 0.29) is 37.3 Å². The monoisotopic (exact) mass is 446 g/mol. The molecule has 11 heteroatoms. The number of fused-ring (bicyclic) bond motifs is 4. The van der Waals surface area contributed by atoms with Gasteiger partial charge in [-0.05, 0) is 12.8 Å². The highest BCUT2D eigenvalue weighted by Gasteiger charge is 2.63. The van der Waals surface area contributed by atoms with E-state index in [2.05, 4.69) is 0 Å². The summed E-state index contributed by atoms with van der Waals surface area (Å²) in [5.74, 6) is -0.979. The Morgan fingerprint density at radius 1 is 0.871 bits per heavy atom. The zero-order valence-corrected chi connectivity index (χ0v) is 17.1. The molecule has 5 fully saturated rings. The second-order valence-corrected chi connectivity index (χ2v) is 8.93. The van der Waals surface area contributed by atoms with Gasteiger partial charge in [0.15, 0.2) is 11.4 Å². The van der Waals surface area contributed by atoms with E-state index >= 15 is 0 Å². The zero-order valence-electron chi connectivity index (χ0n) is 17.1. The highest BCUT2D eigenvalue weighted by Crippen LogP contribution is 2.49. The van der Waals surface area contributed by atoms with Crippen molar-refractivity contribution >= 4 is 12.1 Å². The maximum atomic E-state index is 11.6. The van der Waals surface area contributed by atoms with Crippen molar-refractivity contribution in [3.8, 4) is 0 Å². The molecule has 3 saturated carbocycles. The summed E-state index contributed by atoms with van der Waals surface area (Å²) < 4.78 is 17.4. The van der Waals surface area contributed by atoms with Gasteiger partial charge in [0.2, 0.25) is 0 Å². The molecule has 0 radical (unpaired) electrons. The number of aliphatic hydroxyl groups excluding tert-OH is 4. The van der Waals surface area contributed by atoms with Crippen LogP contribution in [-0.4, -0.2) is 91.8 Å². The molecule has 11 nitrogen and oxygen atoms in total. The number of rotatable bonds is 0. The molecule has 176 valence electrons. The fourth-order valence-electron chi connectivity index (χ4n) is 5.07. The number of ether oxygens (including phenoxy) is 3. The zero-order chi connectivity index (χ0) is 22.8. The Hall–Kier alpha value is -1.43. The molecule has 0 aromatic carbocycles. The Labute approximate surface area is 178 Å². The number of aliphatic hydroxyl groups is 5. The van der Waals surface area contributed by atoms with E-state index < -0.39 is 41.8 Å². The lowest BCUT2D eigenvalue weighted by molar-refractivity contribution is -0.203. The summed E-state index contributed by atoms with van der Waals surface area (Å²) in [6, 6.07) is 0. The van der Waals surface area contributed by atoms with Gasteiger partial charge in [-0.25, -0.2) is 4.79 Å². The highest BCUT2D eigenvalue weighted by molar-refractivity contribution is 5.82. The number of carbonyl (C=O) groups excluding carboxylic acids is 3. The van der Waals surface area contributed by atoms with Gasteiger partial charge in [-0.1, -0.05) is 6.42 Å². The Morgan fingerprint density at radius 2 is 1.42 bits per heavy atom. The van der Waals surface area contributed by atoms with Gasteiger partial charge in [0.1, 0.15) is 18.3 Å². The number of hydrogen-bond donors (Lipinski definition) is 5. The van der Waals surface area contributed by atoms with Gasteiger partial charge in [-0.2, -0.15) is 9.59 Å². The maximum Gasteiger partial charge on any atom is 0.373 e. The van der Waals surface area contributed by atoms with E-state index in [9.17, 15) is 9.90 Å². The fraction of sp³-hybridized carbons (Fsp3) is 0.900. The van der Waals surface area contributed by atoms with Crippen molar-refractivity contribution in [3.63, 3.8) is 0 Å². The molecule has 0 amide bonds. The lowest BCUT2D eigenvalue weighted by Gasteiger charge is -2.32. The molecule has 6 atom stereocenters. The third kappa shape index (κ3) is 5.15. The van der Waals surface area contributed by atoms with Crippen LogP contribution in [0.3, 0.4) is 0 Å². The van der Waals surface area contributed by atoms with Crippen molar-refractivity contribution in [2.45, 2.75) is 112 Å². The van der Waals surface area contributed by atoms with Crippen LogP contribution in [0, 0.1) is 0 Å². The van der Waals surface area contributed by atoms with Gasteiger partial charge in [-0.15, -0.1) is 0 Å². The van der Waals surface area contributed by atoms with Crippen LogP contribution in [0.25, 0.3) is 0 Å². The molecule has 0 aromatic heterocycles. The normalized spacial score (nSPS) is 44.7. The van der Waals surface area contributed by atoms with Crippen LogP contribution >= 0.6 is 0 Å². The van der Waals surface area contributed by atoms with Gasteiger partial charge in [0.25, 0.3) is 0 Å². The fourth-order valence-corrected chi connectivity index (χ4v) is 5.07. The van der Waals surface area contributed by atoms with Gasteiger partial charge >= 0.3 is 12.1 Å². The second-order valence-electron chi connectivity index (χ2n) is 8.93. The van der Waals surface area contributed by atoms with Crippen LogP contribution in [0.4, 0.5) is 0 Å². The molecule has 2 heterocycles. The molecule has 31 heavy (non-hydrogen) atoms. The quantitative estimate of drug-likeness (QED) is 0.274. The maximum absolute atomic E-state index is 11.6. The van der Waals surface area contributed by atoms with E-state index in [1.54, 1.807) is 0 Å². The van der Waals surface area contributed by atoms with E-state index in [4.69, 9.17) is 44.2 Å². The molecule has 1 unspecified atom stereocenters. The first-order valence-electron chi connectivity index (χ1n) is 10.6. The van der Waals surface area contributed by atoms with Crippen LogP contribution in [0.15, 0.2) is 0 Å². The lowest BCUT2D eigenvalue weighted by atomic mass is 9.82. The molecule has 2 bridgehead atoms. The third-order valence-corrected chi connectivity index (χ3v) is 6.60. The molecule has 5 N–H and O–H groups in total. The number of esters is 1. The minimum atomic E-state index is -1.34. The van der Waals surface area contributed by atoms with Gasteiger partial charge < -0.3 is 39.7 Å². The molecular formula is C20H30O11. The largest absolute Gasteiger partial charge is 0.457 e. The van der Waals surface area contributed by atoms with Crippen molar-refractivity contribution in [3.05, 3.63) is 0 Å². The first-order chi connectivity index (χ1) is 14.6. The summed E-state index contributed by atoms with van der Waals surface area (Å²) in [6.07, 6.45) is 2.05. The van der Waals surface area contributed by atoms with Crippen molar-refractivity contribution in [2.24, 2.45) is 0 Å². The van der Waals surface area contributed by atoms with Gasteiger partial charge in [0, 0.05) is 38.5 Å². The SMILES string of the molecule is O=C1O[C@@H]2C[C@@]1(O)C[C@H]1OC3(CCCCC3)OC21.O=C=O.OC1C[C@@H](O)C(O)[C@H](O)C1. The van der Waals surface area contributed by atoms with Gasteiger partial charge in [-0.3, -0.25) is 0 Å². The Bertz CT molecular complexity index is 660. The van der Waals surface area contributed by atoms with Gasteiger partial charge in [0.05, 0.1) is 24.4 Å². The van der Waals surface area contributed by atoms with E-state index in [0.717, 1.165) is 25.7 Å². The summed E-state index contributed by atoms with van der Waals surface area (Å²) >= 11 is 0. The molecule has 5 aliphatic rings. The molecule has 5 rings (SSSR count). The standard InChI is InChI=1S/C13H18O5.C6H12O4.CO2/c14-11-12(15)6-8(16-11)10-9(7-12)17-13(18-10)4-2-1-3-5-13;7-3-1-4(8)6(10)5(9)2-3;2-1-3/h8-10,15H,1-7H2;3-10H,1-2H2;/t8-,9-,10?,12-;3?,4-,5-,6?;/m11./s1. The van der Waals surface area contributed by atoms with Crippen molar-refractivity contribution in [2.75, 3.05) is 0 Å². The smallest absolute Gasteiger partial charge is 0.373 e. The molecule has 1 spiro atoms. The van der Waals surface area contributed by atoms with Crippen molar-refractivity contribution < 1.29 is 54.1 Å². The Balaban J connectivity index is 0.000000178. The number of carbonyl (C=O) groups is 1. The molecular weight excluding hydrogens is 416 g/mol. The summed E-state index contributed by atoms with van der Waals surface area (Å²) in [7, 11) is 0. The molecule has 3 aliphatic carbocycles. The third-order valence-electron chi connectivity index (χ3n) is 6.60. The minimum Gasteiger partial charge on any atom is -0.457 e. The Kier molecular flexibility index (Phi) is 7.50. The number of hydrogen-bond acceptors (Lipinski definition) is 11. The minimum absolute atomic E-state index is 0.151. The molecule has 2 aliphatic heterocycles. The summed E-state index contributed by atoms with van der Waals surface area (Å²) in [6.45, 7) is 0. The average Bonchev–Trinajstić information content (AvgIpc) is 3.16. The van der Waals surface area contributed by atoms with Crippen LogP contribution in [-0.2, 0) is 28.6 Å². The van der Waals surface area contributed by atoms with Crippen LogP contribution in [0.1, 0.15) is 57.8 Å². The lowest BCUT2D eigenvalue weighted by Crippen LogP contribution is -2.47. The average molecular weight is 446 g/mol. The van der Waals surface area contributed by atoms with E-state index in [0.29, 0.717) is 12.8 Å². The van der Waals surface area contributed by atoms with Crippen molar-refractivity contribution in [1.29, 1.82) is 0 Å². The second kappa shape index (κ2) is 9.60. The van der Waals surface area contributed by atoms with Crippen LogP contribution < -0.4 is 0 Å². The predicted octanol–water partition coefficient (Wildman–Crippen LogP) is -1.48. The van der Waals surface area contributed by atoms with Crippen molar-refractivity contribution in [1.82, 2.24) is 0 Å². The summed E-state index contributed by atoms with van der Waals surface area (Å²) in [5, 5.41) is 46.0. The summed E-state index contributed by atoms with van der Waals surface area (Å²) in [4.78, 5) is 27.8. The van der Waals surface area contributed by atoms with E-state index in [1.807, 2.05) is 0 Å². The summed E-state index contributed by atoms with van der Waals surface area (Å²) in [5.41, 5.74) is -1.34. The van der Waals surface area contributed by atoms with Crippen LogP contribution in [0.5, 0.6) is 0 Å². The van der Waals surface area contributed by atoms with Crippen LogP contribution in [0.2, 0.25) is 0 Å². The first-order valence-corrected chi connectivity index (χ1v) is 10.6. The predicted molar refractivity (Wildman–Crippen MR) is 97.9 cm³/mol. The Morgan fingerprint density at radius 3 is 2.00 bits per heavy atom. The van der Waals surface area contributed by atoms with E-state index in [1.165, 1.54) is 6.42 Å². The molecule has 2 saturated heterocycles. The topological polar surface area (TPSA) is 180 Å². The highest BCUT2D eigenvalue weighted by atomic mass is 16.8. The first kappa shape index (κ1) is 24.2. The molecule has 0 aromatic rings.